The summed E-state index contributed by atoms with van der Waals surface area (Å²) in [5, 5.41) is 6.13. The van der Waals surface area contributed by atoms with Gasteiger partial charge in [-0.3, -0.25) is 4.79 Å². The van der Waals surface area contributed by atoms with E-state index < -0.39 is 0 Å². The minimum atomic E-state index is -0.0949. The van der Waals surface area contributed by atoms with E-state index in [0.29, 0.717) is 11.4 Å². The highest BCUT2D eigenvalue weighted by molar-refractivity contribution is 5.98. The number of hydrogen-bond donors (Lipinski definition) is 2. The fourth-order valence-corrected chi connectivity index (χ4v) is 2.22. The van der Waals surface area contributed by atoms with E-state index in [0.717, 1.165) is 13.0 Å². The lowest BCUT2D eigenvalue weighted by Gasteiger charge is -2.15. The molecule has 0 bridgehead atoms. The standard InChI is InChI=1S/C17H21N3O/c1-3-18-16-15(10-7-11-19-16)17(21)20-13(2)12-14-8-5-4-6-9-14/h4-11,13H,3,12H2,1-2H3,(H,18,19)(H,20,21). The van der Waals surface area contributed by atoms with Crippen molar-refractivity contribution in [3.8, 4) is 0 Å². The van der Waals surface area contributed by atoms with Crippen LogP contribution >= 0.6 is 0 Å². The molecule has 0 aliphatic rings. The Morgan fingerprint density at radius 1 is 1.19 bits per heavy atom. The summed E-state index contributed by atoms with van der Waals surface area (Å²) in [7, 11) is 0. The number of pyridine rings is 1. The summed E-state index contributed by atoms with van der Waals surface area (Å²) >= 11 is 0. The summed E-state index contributed by atoms with van der Waals surface area (Å²) in [5.41, 5.74) is 1.79. The van der Waals surface area contributed by atoms with Crippen LogP contribution in [0.15, 0.2) is 48.7 Å². The average molecular weight is 283 g/mol. The first-order chi connectivity index (χ1) is 10.2. The van der Waals surface area contributed by atoms with Gasteiger partial charge in [0.15, 0.2) is 0 Å². The van der Waals surface area contributed by atoms with E-state index in [1.165, 1.54) is 5.56 Å². The van der Waals surface area contributed by atoms with Crippen LogP contribution in [0.5, 0.6) is 0 Å². The summed E-state index contributed by atoms with van der Waals surface area (Å²) in [5.74, 6) is 0.534. The summed E-state index contributed by atoms with van der Waals surface area (Å²) in [6.07, 6.45) is 2.49. The third kappa shape index (κ3) is 4.31. The van der Waals surface area contributed by atoms with Crippen LogP contribution in [0.1, 0.15) is 29.8 Å². The Morgan fingerprint density at radius 3 is 2.67 bits per heavy atom. The minimum absolute atomic E-state index is 0.0644. The van der Waals surface area contributed by atoms with Gasteiger partial charge in [0, 0.05) is 18.8 Å². The Morgan fingerprint density at radius 2 is 1.95 bits per heavy atom. The molecule has 1 atom stereocenters. The first-order valence-corrected chi connectivity index (χ1v) is 7.24. The molecule has 1 amide bonds. The number of amides is 1. The van der Waals surface area contributed by atoms with Crippen LogP contribution in [0, 0.1) is 0 Å². The van der Waals surface area contributed by atoms with Crippen molar-refractivity contribution >= 4 is 11.7 Å². The van der Waals surface area contributed by atoms with Crippen LogP contribution in [0.4, 0.5) is 5.82 Å². The van der Waals surface area contributed by atoms with E-state index in [-0.39, 0.29) is 11.9 Å². The number of carbonyl (C=O) groups excluding carboxylic acids is 1. The van der Waals surface area contributed by atoms with Crippen LogP contribution in [0.25, 0.3) is 0 Å². The number of hydrogen-bond acceptors (Lipinski definition) is 3. The lowest BCUT2D eigenvalue weighted by Crippen LogP contribution is -2.34. The van der Waals surface area contributed by atoms with Gasteiger partial charge in [0.1, 0.15) is 5.82 Å². The molecule has 0 aliphatic carbocycles. The molecular weight excluding hydrogens is 262 g/mol. The molecular formula is C17H21N3O. The first-order valence-electron chi connectivity index (χ1n) is 7.24. The maximum atomic E-state index is 12.3. The van der Waals surface area contributed by atoms with Crippen molar-refractivity contribution < 1.29 is 4.79 Å². The van der Waals surface area contributed by atoms with E-state index in [1.807, 2.05) is 32.0 Å². The lowest BCUT2D eigenvalue weighted by molar-refractivity contribution is 0.0940. The molecule has 0 saturated carbocycles. The molecule has 4 nitrogen and oxygen atoms in total. The third-order valence-electron chi connectivity index (χ3n) is 3.16. The van der Waals surface area contributed by atoms with E-state index in [1.54, 1.807) is 18.3 Å². The Hall–Kier alpha value is -2.36. The molecule has 2 N–H and O–H groups in total. The van der Waals surface area contributed by atoms with E-state index >= 15 is 0 Å². The predicted molar refractivity (Wildman–Crippen MR) is 85.5 cm³/mol. The van der Waals surface area contributed by atoms with Gasteiger partial charge < -0.3 is 10.6 Å². The second kappa shape index (κ2) is 7.43. The second-order valence-corrected chi connectivity index (χ2v) is 4.99. The summed E-state index contributed by atoms with van der Waals surface area (Å²) < 4.78 is 0. The molecule has 2 aromatic rings. The van der Waals surface area contributed by atoms with Crippen molar-refractivity contribution in [3.63, 3.8) is 0 Å². The second-order valence-electron chi connectivity index (χ2n) is 4.99. The number of benzene rings is 1. The highest BCUT2D eigenvalue weighted by Crippen LogP contribution is 2.12. The monoisotopic (exact) mass is 283 g/mol. The van der Waals surface area contributed by atoms with E-state index in [2.05, 4.69) is 27.8 Å². The van der Waals surface area contributed by atoms with Gasteiger partial charge in [-0.25, -0.2) is 4.98 Å². The topological polar surface area (TPSA) is 54.0 Å². The Labute approximate surface area is 125 Å². The van der Waals surface area contributed by atoms with E-state index in [9.17, 15) is 4.79 Å². The number of anilines is 1. The Bertz CT molecular complexity index is 584. The lowest BCUT2D eigenvalue weighted by atomic mass is 10.1. The maximum absolute atomic E-state index is 12.3. The number of nitrogens with one attached hydrogen (secondary N) is 2. The maximum Gasteiger partial charge on any atom is 0.255 e. The molecule has 1 aromatic carbocycles. The van der Waals surface area contributed by atoms with Crippen LogP contribution < -0.4 is 10.6 Å². The average Bonchev–Trinajstić information content (AvgIpc) is 2.49. The van der Waals surface area contributed by atoms with Crippen molar-refractivity contribution in [1.82, 2.24) is 10.3 Å². The van der Waals surface area contributed by atoms with Crippen LogP contribution in [-0.2, 0) is 6.42 Å². The van der Waals surface area contributed by atoms with Gasteiger partial charge in [-0.05, 0) is 38.0 Å². The quantitative estimate of drug-likeness (QED) is 0.857. The van der Waals surface area contributed by atoms with Gasteiger partial charge in [0.25, 0.3) is 5.91 Å². The largest absolute Gasteiger partial charge is 0.370 e. The predicted octanol–water partition coefficient (Wildman–Crippen LogP) is 2.87. The van der Waals surface area contributed by atoms with E-state index in [4.69, 9.17) is 0 Å². The van der Waals surface area contributed by atoms with Crippen molar-refractivity contribution in [3.05, 3.63) is 59.8 Å². The molecule has 110 valence electrons. The zero-order chi connectivity index (χ0) is 15.1. The molecule has 1 aromatic heterocycles. The van der Waals surface area contributed by atoms with Crippen molar-refractivity contribution in [2.24, 2.45) is 0 Å². The summed E-state index contributed by atoms with van der Waals surface area (Å²) in [6, 6.07) is 13.8. The van der Waals surface area contributed by atoms with Gasteiger partial charge in [0.05, 0.1) is 5.56 Å². The molecule has 1 heterocycles. The molecule has 0 aliphatic heterocycles. The number of carbonyl (C=O) groups is 1. The highest BCUT2D eigenvalue weighted by atomic mass is 16.1. The zero-order valence-corrected chi connectivity index (χ0v) is 12.5. The van der Waals surface area contributed by atoms with Crippen LogP contribution in [0.3, 0.4) is 0 Å². The highest BCUT2D eigenvalue weighted by Gasteiger charge is 2.14. The number of aromatic nitrogens is 1. The third-order valence-corrected chi connectivity index (χ3v) is 3.16. The van der Waals surface area contributed by atoms with Crippen LogP contribution in [-0.4, -0.2) is 23.5 Å². The Kier molecular flexibility index (Phi) is 5.32. The van der Waals surface area contributed by atoms with Crippen LogP contribution in [0.2, 0.25) is 0 Å². The van der Waals surface area contributed by atoms with Gasteiger partial charge >= 0.3 is 0 Å². The minimum Gasteiger partial charge on any atom is -0.370 e. The fourth-order valence-electron chi connectivity index (χ4n) is 2.22. The fraction of sp³-hybridized carbons (Fsp3) is 0.294. The number of nitrogens with zero attached hydrogens (tertiary/aromatic N) is 1. The van der Waals surface area contributed by atoms with Crippen molar-refractivity contribution in [2.45, 2.75) is 26.3 Å². The first kappa shape index (κ1) is 15.0. The molecule has 2 rings (SSSR count). The van der Waals surface area contributed by atoms with Gasteiger partial charge in [-0.2, -0.15) is 0 Å². The van der Waals surface area contributed by atoms with Gasteiger partial charge in [-0.15, -0.1) is 0 Å². The van der Waals surface area contributed by atoms with Crippen molar-refractivity contribution in [1.29, 1.82) is 0 Å². The molecule has 0 saturated heterocycles. The zero-order valence-electron chi connectivity index (χ0n) is 12.5. The van der Waals surface area contributed by atoms with Gasteiger partial charge in [-0.1, -0.05) is 30.3 Å². The molecule has 4 heteroatoms. The van der Waals surface area contributed by atoms with Crippen molar-refractivity contribution in [2.75, 3.05) is 11.9 Å². The molecule has 0 radical (unpaired) electrons. The molecule has 21 heavy (non-hydrogen) atoms. The smallest absolute Gasteiger partial charge is 0.255 e. The van der Waals surface area contributed by atoms with Gasteiger partial charge in [0.2, 0.25) is 0 Å². The molecule has 0 spiro atoms. The summed E-state index contributed by atoms with van der Waals surface area (Å²) in [4.78, 5) is 16.6. The Balaban J connectivity index is 2.01. The number of rotatable bonds is 6. The molecule has 0 fully saturated rings. The summed E-state index contributed by atoms with van der Waals surface area (Å²) in [6.45, 7) is 4.72. The normalized spacial score (nSPS) is 11.7. The SMILES string of the molecule is CCNc1ncccc1C(=O)NC(C)Cc1ccccc1. The molecule has 1 unspecified atom stereocenters.